The SMILES string of the molecule is c1cnc(N2CCN(C3CCc4cc5c(cc4C3)OCO5)CC2)cn1. The van der Waals surface area contributed by atoms with Gasteiger partial charge >= 0.3 is 0 Å². The van der Waals surface area contributed by atoms with Crippen molar-refractivity contribution in [3.05, 3.63) is 41.9 Å². The van der Waals surface area contributed by atoms with Crippen molar-refractivity contribution in [3.8, 4) is 11.5 Å². The van der Waals surface area contributed by atoms with Crippen LogP contribution in [0.5, 0.6) is 11.5 Å². The number of fused-ring (bicyclic) bond motifs is 2. The number of hydrogen-bond donors (Lipinski definition) is 0. The lowest BCUT2D eigenvalue weighted by Crippen LogP contribution is -2.52. The van der Waals surface area contributed by atoms with E-state index in [1.807, 2.05) is 6.20 Å². The molecule has 0 N–H and O–H groups in total. The molecule has 1 unspecified atom stereocenters. The number of hydrogen-bond acceptors (Lipinski definition) is 6. The van der Waals surface area contributed by atoms with Gasteiger partial charge < -0.3 is 14.4 Å². The second kappa shape index (κ2) is 6.19. The first-order valence-electron chi connectivity index (χ1n) is 9.03. The summed E-state index contributed by atoms with van der Waals surface area (Å²) in [4.78, 5) is 13.6. The van der Waals surface area contributed by atoms with Gasteiger partial charge in [0.05, 0.1) is 6.20 Å². The fraction of sp³-hybridized carbons (Fsp3) is 0.474. The van der Waals surface area contributed by atoms with E-state index in [0.29, 0.717) is 12.8 Å². The maximum absolute atomic E-state index is 5.55. The van der Waals surface area contributed by atoms with Crippen molar-refractivity contribution in [2.24, 2.45) is 0 Å². The Labute approximate surface area is 147 Å². The Morgan fingerprint density at radius 1 is 0.960 bits per heavy atom. The molecular weight excluding hydrogens is 316 g/mol. The third kappa shape index (κ3) is 2.80. The molecular formula is C19H22N4O2. The topological polar surface area (TPSA) is 50.7 Å². The first-order valence-corrected chi connectivity index (χ1v) is 9.03. The van der Waals surface area contributed by atoms with Crippen LogP contribution in [0.1, 0.15) is 17.5 Å². The highest BCUT2D eigenvalue weighted by atomic mass is 16.7. The first-order chi connectivity index (χ1) is 12.4. The molecule has 3 heterocycles. The monoisotopic (exact) mass is 338 g/mol. The Morgan fingerprint density at radius 3 is 2.52 bits per heavy atom. The lowest BCUT2D eigenvalue weighted by atomic mass is 9.87. The summed E-state index contributed by atoms with van der Waals surface area (Å²) >= 11 is 0. The largest absolute Gasteiger partial charge is 0.454 e. The van der Waals surface area contributed by atoms with Gasteiger partial charge in [-0.05, 0) is 42.5 Å². The second-order valence-corrected chi connectivity index (χ2v) is 6.96. The zero-order chi connectivity index (χ0) is 16.6. The lowest BCUT2D eigenvalue weighted by molar-refractivity contribution is 0.169. The van der Waals surface area contributed by atoms with Gasteiger partial charge in [0, 0.05) is 44.6 Å². The molecule has 5 rings (SSSR count). The van der Waals surface area contributed by atoms with Crippen molar-refractivity contribution >= 4 is 5.82 Å². The molecule has 6 nitrogen and oxygen atoms in total. The number of piperazine rings is 1. The Bertz CT molecular complexity index is 760. The van der Waals surface area contributed by atoms with Gasteiger partial charge in [-0.2, -0.15) is 0 Å². The summed E-state index contributed by atoms with van der Waals surface area (Å²) in [5, 5.41) is 0. The molecule has 1 fully saturated rings. The molecule has 1 aliphatic carbocycles. The predicted molar refractivity (Wildman–Crippen MR) is 94.2 cm³/mol. The quantitative estimate of drug-likeness (QED) is 0.833. The summed E-state index contributed by atoms with van der Waals surface area (Å²) in [6.07, 6.45) is 8.81. The Kier molecular flexibility index (Phi) is 3.70. The van der Waals surface area contributed by atoms with E-state index in [4.69, 9.17) is 9.47 Å². The molecule has 0 bridgehead atoms. The number of rotatable bonds is 2. The van der Waals surface area contributed by atoms with Crippen molar-refractivity contribution in [2.75, 3.05) is 37.9 Å². The summed E-state index contributed by atoms with van der Waals surface area (Å²) in [5.41, 5.74) is 2.86. The zero-order valence-corrected chi connectivity index (χ0v) is 14.2. The van der Waals surface area contributed by atoms with Crippen LogP contribution in [0.2, 0.25) is 0 Å². The number of nitrogens with zero attached hydrogens (tertiary/aromatic N) is 4. The van der Waals surface area contributed by atoms with Crippen molar-refractivity contribution in [1.82, 2.24) is 14.9 Å². The van der Waals surface area contributed by atoms with Crippen molar-refractivity contribution in [2.45, 2.75) is 25.3 Å². The Morgan fingerprint density at radius 2 is 1.76 bits per heavy atom. The van der Waals surface area contributed by atoms with Gasteiger partial charge in [0.15, 0.2) is 11.5 Å². The number of anilines is 1. The molecule has 0 spiro atoms. The average molecular weight is 338 g/mol. The van der Waals surface area contributed by atoms with Crippen LogP contribution in [-0.4, -0.2) is 53.9 Å². The van der Waals surface area contributed by atoms with E-state index in [1.165, 1.54) is 17.5 Å². The number of benzene rings is 1. The van der Waals surface area contributed by atoms with E-state index in [1.54, 1.807) is 12.4 Å². The molecule has 0 amide bonds. The Hall–Kier alpha value is -2.34. The van der Waals surface area contributed by atoms with Gasteiger partial charge in [-0.3, -0.25) is 9.88 Å². The van der Waals surface area contributed by atoms with E-state index >= 15 is 0 Å². The van der Waals surface area contributed by atoms with E-state index in [2.05, 4.69) is 31.9 Å². The Balaban J connectivity index is 1.25. The van der Waals surface area contributed by atoms with Crippen molar-refractivity contribution in [3.63, 3.8) is 0 Å². The summed E-state index contributed by atoms with van der Waals surface area (Å²) in [5.74, 6) is 2.81. The third-order valence-corrected chi connectivity index (χ3v) is 5.60. The summed E-state index contributed by atoms with van der Waals surface area (Å²) in [6, 6.07) is 5.00. The molecule has 2 aromatic rings. The van der Waals surface area contributed by atoms with Crippen LogP contribution >= 0.6 is 0 Å². The van der Waals surface area contributed by atoms with Crippen LogP contribution < -0.4 is 14.4 Å². The molecule has 6 heteroatoms. The van der Waals surface area contributed by atoms with Crippen LogP contribution in [0.15, 0.2) is 30.7 Å². The normalized spacial score (nSPS) is 22.7. The lowest BCUT2D eigenvalue weighted by Gasteiger charge is -2.41. The number of aromatic nitrogens is 2. The summed E-state index contributed by atoms with van der Waals surface area (Å²) < 4.78 is 11.1. The maximum atomic E-state index is 5.55. The molecule has 1 saturated heterocycles. The van der Waals surface area contributed by atoms with Gasteiger partial charge in [-0.25, -0.2) is 4.98 Å². The smallest absolute Gasteiger partial charge is 0.231 e. The molecule has 130 valence electrons. The van der Waals surface area contributed by atoms with Crippen LogP contribution in [0.25, 0.3) is 0 Å². The van der Waals surface area contributed by atoms with Crippen LogP contribution in [0, 0.1) is 0 Å². The molecule has 3 aliphatic rings. The van der Waals surface area contributed by atoms with E-state index in [-0.39, 0.29) is 0 Å². The zero-order valence-electron chi connectivity index (χ0n) is 14.2. The molecule has 2 aliphatic heterocycles. The van der Waals surface area contributed by atoms with Crippen LogP contribution in [0.4, 0.5) is 5.82 Å². The van der Waals surface area contributed by atoms with Gasteiger partial charge in [0.1, 0.15) is 5.82 Å². The van der Waals surface area contributed by atoms with Gasteiger partial charge in [0.2, 0.25) is 6.79 Å². The van der Waals surface area contributed by atoms with Gasteiger partial charge in [-0.15, -0.1) is 0 Å². The minimum absolute atomic E-state index is 0.353. The second-order valence-electron chi connectivity index (χ2n) is 6.96. The van der Waals surface area contributed by atoms with E-state index in [0.717, 1.165) is 56.3 Å². The molecule has 1 aromatic heterocycles. The van der Waals surface area contributed by atoms with E-state index in [9.17, 15) is 0 Å². The minimum Gasteiger partial charge on any atom is -0.454 e. The third-order valence-electron chi connectivity index (χ3n) is 5.60. The molecule has 0 radical (unpaired) electrons. The van der Waals surface area contributed by atoms with Crippen molar-refractivity contribution in [1.29, 1.82) is 0 Å². The standard InChI is InChI=1S/C19H22N4O2/c1-2-16(9-15-11-18-17(10-14(1)15)24-13-25-18)22-5-7-23(8-6-22)19-12-20-3-4-21-19/h3-4,10-12,16H,1-2,5-9,13H2. The molecule has 25 heavy (non-hydrogen) atoms. The highest BCUT2D eigenvalue weighted by Crippen LogP contribution is 2.38. The van der Waals surface area contributed by atoms with Crippen LogP contribution in [-0.2, 0) is 12.8 Å². The van der Waals surface area contributed by atoms with Crippen molar-refractivity contribution < 1.29 is 9.47 Å². The molecule has 0 saturated carbocycles. The minimum atomic E-state index is 0.353. The predicted octanol–water partition coefficient (Wildman–Crippen LogP) is 1.88. The van der Waals surface area contributed by atoms with Gasteiger partial charge in [-0.1, -0.05) is 0 Å². The molecule has 1 atom stereocenters. The van der Waals surface area contributed by atoms with Gasteiger partial charge in [0.25, 0.3) is 0 Å². The van der Waals surface area contributed by atoms with Crippen LogP contribution in [0.3, 0.4) is 0 Å². The average Bonchev–Trinajstić information content (AvgIpc) is 3.14. The number of aryl methyl sites for hydroxylation is 1. The fourth-order valence-corrected chi connectivity index (χ4v) is 4.21. The van der Waals surface area contributed by atoms with E-state index < -0.39 is 0 Å². The first kappa shape index (κ1) is 15.0. The summed E-state index contributed by atoms with van der Waals surface area (Å²) in [6.45, 7) is 4.56. The fourth-order valence-electron chi connectivity index (χ4n) is 4.21. The highest BCUT2D eigenvalue weighted by molar-refractivity contribution is 5.49. The summed E-state index contributed by atoms with van der Waals surface area (Å²) in [7, 11) is 0. The maximum Gasteiger partial charge on any atom is 0.231 e. The molecule has 1 aromatic carbocycles. The highest BCUT2D eigenvalue weighted by Gasteiger charge is 2.29. The number of ether oxygens (including phenoxy) is 2.